The third kappa shape index (κ3) is 3.27. The Bertz CT molecular complexity index is 1120. The molecule has 0 amide bonds. The topological polar surface area (TPSA) is 97.3 Å². The first-order valence-corrected chi connectivity index (χ1v) is 10.2. The number of ether oxygens (including phenoxy) is 2. The Labute approximate surface area is 175 Å². The number of hydrogen-bond donors (Lipinski definition) is 0. The quantitative estimate of drug-likeness (QED) is 0.578. The predicted octanol–water partition coefficient (Wildman–Crippen LogP) is 3.57. The summed E-state index contributed by atoms with van der Waals surface area (Å²) in [5, 5.41) is 14.4. The number of halogens is 1. The van der Waals surface area contributed by atoms with E-state index in [-0.39, 0.29) is 0 Å². The van der Waals surface area contributed by atoms with Gasteiger partial charge in [0.05, 0.1) is 29.9 Å². The molecule has 148 valence electrons. The van der Waals surface area contributed by atoms with E-state index in [1.54, 1.807) is 13.0 Å². The van der Waals surface area contributed by atoms with Crippen molar-refractivity contribution in [3.63, 3.8) is 0 Å². The summed E-state index contributed by atoms with van der Waals surface area (Å²) in [5.41, 5.74) is 1.92. The minimum absolute atomic E-state index is 0.416. The van der Waals surface area contributed by atoms with Crippen molar-refractivity contribution in [1.29, 1.82) is 5.26 Å². The van der Waals surface area contributed by atoms with Crippen LogP contribution in [0.4, 0.5) is 5.82 Å². The van der Waals surface area contributed by atoms with Crippen LogP contribution in [0, 0.1) is 18.3 Å². The third-order valence-corrected chi connectivity index (χ3v) is 5.84. The van der Waals surface area contributed by atoms with Crippen molar-refractivity contribution in [3.05, 3.63) is 34.1 Å². The van der Waals surface area contributed by atoms with Gasteiger partial charge in [0, 0.05) is 35.8 Å². The van der Waals surface area contributed by atoms with Gasteiger partial charge in [-0.25, -0.2) is 4.98 Å². The number of benzene rings is 1. The van der Waals surface area contributed by atoms with Crippen molar-refractivity contribution in [1.82, 2.24) is 15.1 Å². The van der Waals surface area contributed by atoms with Gasteiger partial charge in [0.25, 0.3) is 5.89 Å². The lowest BCUT2D eigenvalue weighted by molar-refractivity contribution is -0.169. The molecular formula is C20H18BrN5O3. The summed E-state index contributed by atoms with van der Waals surface area (Å²) >= 11 is 3.47. The first-order chi connectivity index (χ1) is 14.1. The molecular weight excluding hydrogens is 438 g/mol. The number of anilines is 1. The highest BCUT2D eigenvalue weighted by Crippen LogP contribution is 2.38. The molecule has 0 bridgehead atoms. The Kier molecular flexibility index (Phi) is 4.50. The average Bonchev–Trinajstić information content (AvgIpc) is 3.36. The summed E-state index contributed by atoms with van der Waals surface area (Å²) in [4.78, 5) is 11.5. The van der Waals surface area contributed by atoms with E-state index in [0.29, 0.717) is 36.0 Å². The predicted molar refractivity (Wildman–Crippen MR) is 108 cm³/mol. The van der Waals surface area contributed by atoms with Crippen LogP contribution in [0.5, 0.6) is 0 Å². The minimum Gasteiger partial charge on any atom is -0.356 e. The Morgan fingerprint density at radius 2 is 1.90 bits per heavy atom. The van der Waals surface area contributed by atoms with Crippen LogP contribution < -0.4 is 4.90 Å². The van der Waals surface area contributed by atoms with Crippen LogP contribution >= 0.6 is 15.9 Å². The number of aryl methyl sites for hydroxylation is 1. The molecule has 29 heavy (non-hydrogen) atoms. The lowest BCUT2D eigenvalue weighted by Gasteiger charge is -2.38. The van der Waals surface area contributed by atoms with Crippen molar-refractivity contribution in [2.45, 2.75) is 25.6 Å². The minimum atomic E-state index is -0.475. The summed E-state index contributed by atoms with van der Waals surface area (Å²) in [6.07, 6.45) is 1.50. The molecule has 2 aliphatic rings. The molecule has 2 saturated heterocycles. The molecule has 2 aliphatic heterocycles. The van der Waals surface area contributed by atoms with Crippen molar-refractivity contribution in [2.24, 2.45) is 0 Å². The van der Waals surface area contributed by atoms with Crippen LogP contribution in [0.25, 0.3) is 22.4 Å². The van der Waals surface area contributed by atoms with E-state index >= 15 is 0 Å². The maximum absolute atomic E-state index is 9.59. The SMILES string of the molecule is Cc1noc(-c2cc3cc(Br)cc(C#N)c3nc2N2CCC3(CC2)OCCO3)n1. The summed E-state index contributed by atoms with van der Waals surface area (Å²) in [5.74, 6) is 1.23. The van der Waals surface area contributed by atoms with Crippen LogP contribution in [0.15, 0.2) is 27.2 Å². The van der Waals surface area contributed by atoms with Gasteiger partial charge in [-0.3, -0.25) is 0 Å². The van der Waals surface area contributed by atoms with Crippen LogP contribution in [-0.2, 0) is 9.47 Å². The second kappa shape index (κ2) is 7.06. The van der Waals surface area contributed by atoms with Gasteiger partial charge in [-0.2, -0.15) is 10.2 Å². The van der Waals surface area contributed by atoms with Crippen LogP contribution in [0.2, 0.25) is 0 Å². The smallest absolute Gasteiger partial charge is 0.261 e. The standard InChI is InChI=1S/C20H18BrN5O3/c1-12-23-19(29-25-12)16-10-13-8-15(21)9-14(11-22)17(13)24-18(16)26-4-2-20(3-5-26)27-6-7-28-20/h8-10H,2-7H2,1H3. The van der Waals surface area contributed by atoms with E-state index in [0.717, 1.165) is 47.2 Å². The molecule has 0 atom stereocenters. The summed E-state index contributed by atoms with van der Waals surface area (Å²) in [6, 6.07) is 7.92. The van der Waals surface area contributed by atoms with Crippen molar-refractivity contribution < 1.29 is 14.0 Å². The Morgan fingerprint density at radius 3 is 2.55 bits per heavy atom. The van der Waals surface area contributed by atoms with Crippen LogP contribution in [-0.4, -0.2) is 47.2 Å². The van der Waals surface area contributed by atoms with Gasteiger partial charge in [0.2, 0.25) is 0 Å². The molecule has 9 heteroatoms. The second-order valence-electron chi connectivity index (χ2n) is 7.24. The molecule has 2 fully saturated rings. The number of hydrogen-bond acceptors (Lipinski definition) is 8. The van der Waals surface area contributed by atoms with Crippen LogP contribution in [0.1, 0.15) is 24.2 Å². The third-order valence-electron chi connectivity index (χ3n) is 5.38. The molecule has 4 heterocycles. The summed E-state index contributed by atoms with van der Waals surface area (Å²) in [6.45, 7) is 4.50. The van der Waals surface area contributed by atoms with Gasteiger partial charge >= 0.3 is 0 Å². The molecule has 0 aliphatic carbocycles. The highest BCUT2D eigenvalue weighted by Gasteiger charge is 2.40. The van der Waals surface area contributed by atoms with E-state index < -0.39 is 5.79 Å². The number of pyridine rings is 1. The summed E-state index contributed by atoms with van der Waals surface area (Å²) < 4.78 is 18.0. The zero-order valence-electron chi connectivity index (χ0n) is 15.8. The molecule has 1 spiro atoms. The Balaban J connectivity index is 1.62. The lowest BCUT2D eigenvalue weighted by atomic mass is 10.0. The number of piperidine rings is 1. The molecule has 5 rings (SSSR count). The fourth-order valence-corrected chi connectivity index (χ4v) is 4.45. The van der Waals surface area contributed by atoms with E-state index in [1.165, 1.54) is 0 Å². The largest absolute Gasteiger partial charge is 0.356 e. The zero-order chi connectivity index (χ0) is 20.0. The maximum atomic E-state index is 9.59. The fourth-order valence-electron chi connectivity index (χ4n) is 3.98. The molecule has 0 unspecified atom stereocenters. The molecule has 8 nitrogen and oxygen atoms in total. The normalized spacial score (nSPS) is 18.4. The van der Waals surface area contributed by atoms with E-state index in [1.807, 2.05) is 12.1 Å². The molecule has 0 radical (unpaired) electrons. The fraction of sp³-hybridized carbons (Fsp3) is 0.400. The second-order valence-corrected chi connectivity index (χ2v) is 8.15. The van der Waals surface area contributed by atoms with Gasteiger partial charge in [0.1, 0.15) is 11.9 Å². The molecule has 0 saturated carbocycles. The van der Waals surface area contributed by atoms with E-state index in [2.05, 4.69) is 37.0 Å². The van der Waals surface area contributed by atoms with Crippen molar-refractivity contribution >= 4 is 32.7 Å². The molecule has 1 aromatic carbocycles. The number of fused-ring (bicyclic) bond motifs is 1. The number of aromatic nitrogens is 3. The van der Waals surface area contributed by atoms with Gasteiger partial charge < -0.3 is 18.9 Å². The Hall–Kier alpha value is -2.54. The van der Waals surface area contributed by atoms with Crippen molar-refractivity contribution in [3.8, 4) is 17.5 Å². The number of nitriles is 1. The van der Waals surface area contributed by atoms with Crippen molar-refractivity contribution in [2.75, 3.05) is 31.2 Å². The summed E-state index contributed by atoms with van der Waals surface area (Å²) in [7, 11) is 0. The molecule has 3 aromatic rings. The molecule has 0 N–H and O–H groups in total. The van der Waals surface area contributed by atoms with Gasteiger partial charge in [-0.05, 0) is 25.1 Å². The van der Waals surface area contributed by atoms with E-state index in [4.69, 9.17) is 19.0 Å². The van der Waals surface area contributed by atoms with Gasteiger partial charge in [-0.15, -0.1) is 0 Å². The molecule has 2 aromatic heterocycles. The average molecular weight is 456 g/mol. The number of nitrogens with zero attached hydrogens (tertiary/aromatic N) is 5. The van der Waals surface area contributed by atoms with Gasteiger partial charge in [0.15, 0.2) is 11.6 Å². The van der Waals surface area contributed by atoms with Gasteiger partial charge in [-0.1, -0.05) is 21.1 Å². The first-order valence-electron chi connectivity index (χ1n) is 9.45. The lowest BCUT2D eigenvalue weighted by Crippen LogP contribution is -2.45. The highest BCUT2D eigenvalue weighted by molar-refractivity contribution is 9.10. The first kappa shape index (κ1) is 18.5. The zero-order valence-corrected chi connectivity index (χ0v) is 17.4. The van der Waals surface area contributed by atoms with E-state index in [9.17, 15) is 5.26 Å². The Morgan fingerprint density at radius 1 is 1.14 bits per heavy atom. The monoisotopic (exact) mass is 455 g/mol. The highest BCUT2D eigenvalue weighted by atomic mass is 79.9. The van der Waals surface area contributed by atoms with Crippen LogP contribution in [0.3, 0.4) is 0 Å². The number of rotatable bonds is 2. The maximum Gasteiger partial charge on any atom is 0.261 e.